The van der Waals surface area contributed by atoms with Crippen LogP contribution in [-0.4, -0.2) is 23.2 Å². The molecule has 0 saturated heterocycles. The van der Waals surface area contributed by atoms with E-state index in [9.17, 15) is 4.79 Å². The second-order valence-corrected chi connectivity index (χ2v) is 4.90. The van der Waals surface area contributed by atoms with Crippen LogP contribution < -0.4 is 5.32 Å². The number of hydrogen-bond acceptors (Lipinski definition) is 3. The Morgan fingerprint density at radius 3 is 2.47 bits per heavy atom. The molecule has 0 unspecified atom stereocenters. The van der Waals surface area contributed by atoms with Crippen molar-refractivity contribution in [2.24, 2.45) is 5.41 Å². The van der Waals surface area contributed by atoms with E-state index in [2.05, 4.69) is 11.4 Å². The number of nitriles is 1. The van der Waals surface area contributed by atoms with Crippen molar-refractivity contribution in [3.05, 3.63) is 0 Å². The summed E-state index contributed by atoms with van der Waals surface area (Å²) in [5, 5.41) is 20.9. The number of aliphatic hydroxyl groups excluding tert-OH is 1. The van der Waals surface area contributed by atoms with Gasteiger partial charge in [0.1, 0.15) is 5.41 Å². The molecule has 0 atom stereocenters. The third-order valence-corrected chi connectivity index (χ3v) is 2.95. The van der Waals surface area contributed by atoms with Crippen LogP contribution in [0.3, 0.4) is 0 Å². The molecular formula is C11H18N2O2. The second-order valence-electron chi connectivity index (χ2n) is 4.90. The summed E-state index contributed by atoms with van der Waals surface area (Å²) in [7, 11) is 0. The largest absolute Gasteiger partial charge is 0.394 e. The molecule has 4 nitrogen and oxygen atoms in total. The van der Waals surface area contributed by atoms with E-state index in [1.165, 1.54) is 0 Å². The standard InChI is InChI=1S/C11H18N2O2/c1-10(2,8-14)13-9(15)11(7-12)5-3-4-6-11/h14H,3-6,8H2,1-2H3,(H,13,15). The Hall–Kier alpha value is -1.08. The number of aliphatic hydroxyl groups is 1. The molecule has 1 saturated carbocycles. The Kier molecular flexibility index (Phi) is 3.35. The summed E-state index contributed by atoms with van der Waals surface area (Å²) in [6.07, 6.45) is 3.13. The molecule has 4 heteroatoms. The molecule has 84 valence electrons. The summed E-state index contributed by atoms with van der Waals surface area (Å²) in [5.74, 6) is -0.235. The molecule has 1 rings (SSSR count). The lowest BCUT2D eigenvalue weighted by Crippen LogP contribution is -2.51. The van der Waals surface area contributed by atoms with Crippen molar-refractivity contribution >= 4 is 5.91 Å². The molecule has 1 fully saturated rings. The van der Waals surface area contributed by atoms with E-state index >= 15 is 0 Å². The van der Waals surface area contributed by atoms with Gasteiger partial charge >= 0.3 is 0 Å². The van der Waals surface area contributed by atoms with Crippen molar-refractivity contribution in [3.8, 4) is 6.07 Å². The van der Waals surface area contributed by atoms with Crippen LogP contribution in [0.1, 0.15) is 39.5 Å². The van der Waals surface area contributed by atoms with Crippen molar-refractivity contribution in [2.75, 3.05) is 6.61 Å². The normalized spacial score (nSPS) is 19.6. The van der Waals surface area contributed by atoms with Crippen LogP contribution in [0.5, 0.6) is 0 Å². The minimum absolute atomic E-state index is 0.125. The fraction of sp³-hybridized carbons (Fsp3) is 0.818. The van der Waals surface area contributed by atoms with Gasteiger partial charge in [-0.25, -0.2) is 0 Å². The fourth-order valence-electron chi connectivity index (χ4n) is 1.83. The average Bonchev–Trinajstić information content (AvgIpc) is 2.66. The van der Waals surface area contributed by atoms with E-state index in [1.807, 2.05) is 0 Å². The highest BCUT2D eigenvalue weighted by molar-refractivity contribution is 5.86. The van der Waals surface area contributed by atoms with Gasteiger partial charge in [-0.3, -0.25) is 4.79 Å². The molecule has 0 radical (unpaired) electrons. The lowest BCUT2D eigenvalue weighted by atomic mass is 9.86. The molecule has 0 aliphatic heterocycles. The van der Waals surface area contributed by atoms with E-state index < -0.39 is 11.0 Å². The van der Waals surface area contributed by atoms with Crippen LogP contribution in [0.15, 0.2) is 0 Å². The topological polar surface area (TPSA) is 73.1 Å². The van der Waals surface area contributed by atoms with Crippen LogP contribution in [0.25, 0.3) is 0 Å². The van der Waals surface area contributed by atoms with Crippen LogP contribution in [0.2, 0.25) is 0 Å². The van der Waals surface area contributed by atoms with Gasteiger partial charge in [0.15, 0.2) is 0 Å². The monoisotopic (exact) mass is 210 g/mol. The van der Waals surface area contributed by atoms with Gasteiger partial charge in [-0.15, -0.1) is 0 Å². The van der Waals surface area contributed by atoms with Crippen LogP contribution >= 0.6 is 0 Å². The van der Waals surface area contributed by atoms with Crippen LogP contribution in [0.4, 0.5) is 0 Å². The highest BCUT2D eigenvalue weighted by atomic mass is 16.3. The summed E-state index contributed by atoms with van der Waals surface area (Å²) in [5.41, 5.74) is -1.50. The zero-order valence-corrected chi connectivity index (χ0v) is 9.34. The lowest BCUT2D eigenvalue weighted by Gasteiger charge is -2.28. The number of carbonyl (C=O) groups is 1. The SMILES string of the molecule is CC(C)(CO)NC(=O)C1(C#N)CCCC1. The van der Waals surface area contributed by atoms with Gasteiger partial charge in [-0.1, -0.05) is 12.8 Å². The summed E-state index contributed by atoms with van der Waals surface area (Å²) in [6, 6.07) is 2.13. The van der Waals surface area contributed by atoms with Gasteiger partial charge in [0.25, 0.3) is 0 Å². The first-order valence-electron chi connectivity index (χ1n) is 5.30. The predicted octanol–water partition coefficient (Wildman–Crippen LogP) is 0.957. The second kappa shape index (κ2) is 4.19. The van der Waals surface area contributed by atoms with Crippen molar-refractivity contribution in [3.63, 3.8) is 0 Å². The molecule has 0 heterocycles. The van der Waals surface area contributed by atoms with E-state index in [0.29, 0.717) is 12.8 Å². The molecule has 0 aromatic heterocycles. The first-order valence-corrected chi connectivity index (χ1v) is 5.30. The van der Waals surface area contributed by atoms with Gasteiger partial charge in [0.05, 0.1) is 18.2 Å². The minimum atomic E-state index is -0.855. The highest BCUT2D eigenvalue weighted by Crippen LogP contribution is 2.37. The number of amides is 1. The maximum Gasteiger partial charge on any atom is 0.240 e. The van der Waals surface area contributed by atoms with Gasteiger partial charge in [0, 0.05) is 0 Å². The smallest absolute Gasteiger partial charge is 0.240 e. The van der Waals surface area contributed by atoms with E-state index in [-0.39, 0.29) is 12.5 Å². The highest BCUT2D eigenvalue weighted by Gasteiger charge is 2.42. The predicted molar refractivity (Wildman–Crippen MR) is 55.8 cm³/mol. The van der Waals surface area contributed by atoms with Crippen LogP contribution in [-0.2, 0) is 4.79 Å². The van der Waals surface area contributed by atoms with Crippen molar-refractivity contribution in [1.29, 1.82) is 5.26 Å². The number of hydrogen-bond donors (Lipinski definition) is 2. The average molecular weight is 210 g/mol. The molecule has 0 bridgehead atoms. The summed E-state index contributed by atoms with van der Waals surface area (Å²) in [6.45, 7) is 3.36. The number of carbonyl (C=O) groups excluding carboxylic acids is 1. The van der Waals surface area contributed by atoms with Gasteiger partial charge in [0.2, 0.25) is 5.91 Å². The Morgan fingerprint density at radius 1 is 1.53 bits per heavy atom. The molecule has 1 aliphatic carbocycles. The number of nitrogens with zero attached hydrogens (tertiary/aromatic N) is 1. The quantitative estimate of drug-likeness (QED) is 0.728. The molecule has 1 amide bonds. The Balaban J connectivity index is 2.72. The fourth-order valence-corrected chi connectivity index (χ4v) is 1.83. The lowest BCUT2D eigenvalue weighted by molar-refractivity contribution is -0.130. The summed E-state index contributed by atoms with van der Waals surface area (Å²) >= 11 is 0. The molecule has 0 aromatic carbocycles. The molecular weight excluding hydrogens is 192 g/mol. The molecule has 0 aromatic rings. The molecule has 0 spiro atoms. The Bertz CT molecular complexity index is 285. The molecule has 15 heavy (non-hydrogen) atoms. The Labute approximate surface area is 90.3 Å². The van der Waals surface area contributed by atoms with Crippen molar-refractivity contribution in [1.82, 2.24) is 5.32 Å². The number of nitrogens with one attached hydrogen (secondary N) is 1. The third kappa shape index (κ3) is 2.48. The van der Waals surface area contributed by atoms with E-state index in [4.69, 9.17) is 10.4 Å². The zero-order chi connectivity index (χ0) is 11.5. The van der Waals surface area contributed by atoms with E-state index in [1.54, 1.807) is 13.8 Å². The zero-order valence-electron chi connectivity index (χ0n) is 9.34. The van der Waals surface area contributed by atoms with Gasteiger partial charge < -0.3 is 10.4 Å². The number of rotatable bonds is 3. The van der Waals surface area contributed by atoms with Gasteiger partial charge in [-0.2, -0.15) is 5.26 Å². The van der Waals surface area contributed by atoms with Crippen molar-refractivity contribution < 1.29 is 9.90 Å². The molecule has 2 N–H and O–H groups in total. The van der Waals surface area contributed by atoms with Gasteiger partial charge in [-0.05, 0) is 26.7 Å². The molecule has 1 aliphatic rings. The summed E-state index contributed by atoms with van der Waals surface area (Å²) in [4.78, 5) is 11.9. The van der Waals surface area contributed by atoms with Crippen molar-refractivity contribution in [2.45, 2.75) is 45.1 Å². The third-order valence-electron chi connectivity index (χ3n) is 2.95. The minimum Gasteiger partial charge on any atom is -0.394 e. The summed E-state index contributed by atoms with van der Waals surface area (Å²) < 4.78 is 0. The first-order chi connectivity index (χ1) is 6.96. The maximum absolute atomic E-state index is 11.9. The first kappa shape index (κ1) is 12.0. The maximum atomic E-state index is 11.9. The Morgan fingerprint density at radius 2 is 2.07 bits per heavy atom. The van der Waals surface area contributed by atoms with Crippen LogP contribution in [0, 0.1) is 16.7 Å². The van der Waals surface area contributed by atoms with E-state index in [0.717, 1.165) is 12.8 Å².